The smallest absolute Gasteiger partial charge is 0.257 e. The number of rotatable bonds is 2. The lowest BCUT2D eigenvalue weighted by molar-refractivity contribution is 0.0580. The number of halogens is 2. The average molecular weight is 333 g/mol. The van der Waals surface area contributed by atoms with Gasteiger partial charge < -0.3 is 15.4 Å². The fraction of sp³-hybridized carbons (Fsp3) is 0.533. The van der Waals surface area contributed by atoms with Gasteiger partial charge in [-0.1, -0.05) is 25.4 Å². The average Bonchev–Trinajstić information content (AvgIpc) is 2.39. The second-order valence-electron chi connectivity index (χ2n) is 6.07. The number of carbonyl (C=O) groups excluding carboxylic acids is 1. The molecule has 0 unspecified atom stereocenters. The molecular formula is C15H22Cl2N2O2. The molecule has 0 bridgehead atoms. The summed E-state index contributed by atoms with van der Waals surface area (Å²) in [5, 5.41) is 0.380. The summed E-state index contributed by atoms with van der Waals surface area (Å²) in [7, 11) is 1.53. The Labute approximate surface area is 137 Å². The van der Waals surface area contributed by atoms with Crippen LogP contribution < -0.4 is 10.5 Å². The summed E-state index contributed by atoms with van der Waals surface area (Å²) in [6.07, 6.45) is 2.15. The molecule has 1 heterocycles. The van der Waals surface area contributed by atoms with E-state index in [1.807, 2.05) is 4.90 Å². The van der Waals surface area contributed by atoms with Gasteiger partial charge >= 0.3 is 0 Å². The zero-order chi connectivity index (χ0) is 14.9. The lowest BCUT2D eigenvalue weighted by Gasteiger charge is -2.38. The van der Waals surface area contributed by atoms with Crippen molar-refractivity contribution in [2.75, 3.05) is 25.9 Å². The highest BCUT2D eigenvalue weighted by atomic mass is 35.5. The Bertz CT molecular complexity index is 533. The second-order valence-corrected chi connectivity index (χ2v) is 6.48. The van der Waals surface area contributed by atoms with Gasteiger partial charge in [0.15, 0.2) is 0 Å². The zero-order valence-corrected chi connectivity index (χ0v) is 14.2. The van der Waals surface area contributed by atoms with Crippen LogP contribution in [0.3, 0.4) is 0 Å². The molecule has 0 spiro atoms. The van der Waals surface area contributed by atoms with Gasteiger partial charge in [-0.25, -0.2) is 0 Å². The SMILES string of the molecule is COc1cc(N)c(Cl)cc1C(=O)N1CCCC(C)(C)C1.Cl. The Kier molecular flexibility index (Phi) is 5.76. The maximum absolute atomic E-state index is 12.7. The van der Waals surface area contributed by atoms with Gasteiger partial charge in [-0.2, -0.15) is 0 Å². The van der Waals surface area contributed by atoms with Crippen LogP contribution >= 0.6 is 24.0 Å². The Hall–Kier alpha value is -1.13. The van der Waals surface area contributed by atoms with Crippen molar-refractivity contribution < 1.29 is 9.53 Å². The van der Waals surface area contributed by atoms with Crippen LogP contribution in [0.5, 0.6) is 5.75 Å². The number of anilines is 1. The van der Waals surface area contributed by atoms with Crippen molar-refractivity contribution >= 4 is 35.6 Å². The molecule has 1 amide bonds. The van der Waals surface area contributed by atoms with Crippen LogP contribution in [-0.4, -0.2) is 31.0 Å². The molecule has 0 atom stereocenters. The molecule has 1 aromatic carbocycles. The summed E-state index contributed by atoms with van der Waals surface area (Å²) in [5.74, 6) is 0.428. The van der Waals surface area contributed by atoms with Crippen LogP contribution in [0.1, 0.15) is 37.0 Å². The minimum atomic E-state index is -0.0449. The number of hydrogen-bond acceptors (Lipinski definition) is 3. The van der Waals surface area contributed by atoms with Gasteiger partial charge in [-0.05, 0) is 24.3 Å². The third-order valence-corrected chi connectivity index (χ3v) is 4.06. The van der Waals surface area contributed by atoms with E-state index in [0.29, 0.717) is 22.0 Å². The molecule has 21 heavy (non-hydrogen) atoms. The van der Waals surface area contributed by atoms with Gasteiger partial charge in [0.2, 0.25) is 0 Å². The van der Waals surface area contributed by atoms with Gasteiger partial charge in [-0.3, -0.25) is 4.79 Å². The second kappa shape index (κ2) is 6.75. The molecular weight excluding hydrogens is 311 g/mol. The number of likely N-dealkylation sites (tertiary alicyclic amines) is 1. The van der Waals surface area contributed by atoms with Crippen molar-refractivity contribution in [3.05, 3.63) is 22.7 Å². The van der Waals surface area contributed by atoms with Crippen molar-refractivity contribution in [1.29, 1.82) is 0 Å². The van der Waals surface area contributed by atoms with Gasteiger partial charge in [0, 0.05) is 19.2 Å². The number of piperidine rings is 1. The van der Waals surface area contributed by atoms with Gasteiger partial charge in [0.25, 0.3) is 5.91 Å². The van der Waals surface area contributed by atoms with E-state index in [-0.39, 0.29) is 23.7 Å². The summed E-state index contributed by atoms with van der Waals surface area (Å²) in [4.78, 5) is 14.5. The third-order valence-electron chi connectivity index (χ3n) is 3.74. The Balaban J connectivity index is 0.00000220. The van der Waals surface area contributed by atoms with Gasteiger partial charge in [0.05, 0.1) is 23.4 Å². The first kappa shape index (κ1) is 17.9. The van der Waals surface area contributed by atoms with Crippen LogP contribution in [0.25, 0.3) is 0 Å². The number of nitrogen functional groups attached to an aromatic ring is 1. The van der Waals surface area contributed by atoms with Crippen molar-refractivity contribution in [2.24, 2.45) is 5.41 Å². The van der Waals surface area contributed by atoms with E-state index in [0.717, 1.165) is 25.9 Å². The minimum Gasteiger partial charge on any atom is -0.496 e. The van der Waals surface area contributed by atoms with Crippen molar-refractivity contribution in [3.63, 3.8) is 0 Å². The van der Waals surface area contributed by atoms with E-state index < -0.39 is 0 Å². The van der Waals surface area contributed by atoms with Crippen LogP contribution in [0.15, 0.2) is 12.1 Å². The van der Waals surface area contributed by atoms with Gasteiger partial charge in [-0.15, -0.1) is 12.4 Å². The summed E-state index contributed by atoms with van der Waals surface area (Å²) in [6, 6.07) is 3.20. The topological polar surface area (TPSA) is 55.6 Å². The number of methoxy groups -OCH3 is 1. The fourth-order valence-corrected chi connectivity index (χ4v) is 2.84. The largest absolute Gasteiger partial charge is 0.496 e. The number of hydrogen-bond donors (Lipinski definition) is 1. The highest BCUT2D eigenvalue weighted by Crippen LogP contribution is 2.33. The molecule has 118 valence electrons. The third kappa shape index (κ3) is 3.95. The molecule has 1 aliphatic heterocycles. The highest BCUT2D eigenvalue weighted by molar-refractivity contribution is 6.33. The quantitative estimate of drug-likeness (QED) is 0.841. The monoisotopic (exact) mass is 332 g/mol. The number of nitrogens with two attached hydrogens (primary N) is 1. The van der Waals surface area contributed by atoms with E-state index >= 15 is 0 Å². The van der Waals surface area contributed by atoms with E-state index in [2.05, 4.69) is 13.8 Å². The Morgan fingerprint density at radius 1 is 1.43 bits per heavy atom. The number of carbonyl (C=O) groups is 1. The molecule has 4 nitrogen and oxygen atoms in total. The van der Waals surface area contributed by atoms with Crippen LogP contribution in [0.2, 0.25) is 5.02 Å². The molecule has 0 aromatic heterocycles. The van der Waals surface area contributed by atoms with Crippen molar-refractivity contribution in [2.45, 2.75) is 26.7 Å². The maximum Gasteiger partial charge on any atom is 0.257 e. The summed E-state index contributed by atoms with van der Waals surface area (Å²) in [5.41, 5.74) is 6.79. The van der Waals surface area contributed by atoms with E-state index in [4.69, 9.17) is 22.1 Å². The summed E-state index contributed by atoms with van der Waals surface area (Å²) in [6.45, 7) is 5.88. The predicted octanol–water partition coefficient (Wildman–Crippen LogP) is 3.61. The number of benzene rings is 1. The molecule has 0 aliphatic carbocycles. The summed E-state index contributed by atoms with van der Waals surface area (Å²) < 4.78 is 5.26. The number of amides is 1. The normalized spacial score (nSPS) is 17.0. The van der Waals surface area contributed by atoms with Gasteiger partial charge in [0.1, 0.15) is 5.75 Å². The fourth-order valence-electron chi connectivity index (χ4n) is 2.67. The Morgan fingerprint density at radius 3 is 2.67 bits per heavy atom. The molecule has 1 aromatic rings. The summed E-state index contributed by atoms with van der Waals surface area (Å²) >= 11 is 6.03. The first-order valence-electron chi connectivity index (χ1n) is 6.76. The molecule has 0 saturated carbocycles. The molecule has 0 radical (unpaired) electrons. The zero-order valence-electron chi connectivity index (χ0n) is 12.6. The van der Waals surface area contributed by atoms with Crippen molar-refractivity contribution in [1.82, 2.24) is 4.90 Å². The highest BCUT2D eigenvalue weighted by Gasteiger charge is 2.30. The van der Waals surface area contributed by atoms with E-state index in [1.165, 1.54) is 7.11 Å². The van der Waals surface area contributed by atoms with Crippen LogP contribution in [0.4, 0.5) is 5.69 Å². The number of nitrogens with zero attached hydrogens (tertiary/aromatic N) is 1. The first-order valence-corrected chi connectivity index (χ1v) is 7.14. The Morgan fingerprint density at radius 2 is 2.10 bits per heavy atom. The van der Waals surface area contributed by atoms with Crippen LogP contribution in [0, 0.1) is 5.41 Å². The van der Waals surface area contributed by atoms with E-state index in [9.17, 15) is 4.79 Å². The van der Waals surface area contributed by atoms with Crippen LogP contribution in [-0.2, 0) is 0 Å². The lowest BCUT2D eigenvalue weighted by Crippen LogP contribution is -2.43. The van der Waals surface area contributed by atoms with E-state index in [1.54, 1.807) is 12.1 Å². The molecule has 1 fully saturated rings. The minimum absolute atomic E-state index is 0. The predicted molar refractivity (Wildman–Crippen MR) is 88.6 cm³/mol. The molecule has 2 rings (SSSR count). The standard InChI is InChI=1S/C15H21ClN2O2.ClH/c1-15(2)5-4-6-18(9-15)14(19)10-7-11(16)12(17)8-13(10)20-3;/h7-8H,4-6,9,17H2,1-3H3;1H. The molecule has 6 heteroatoms. The first-order chi connectivity index (χ1) is 9.34. The molecule has 2 N–H and O–H groups in total. The number of ether oxygens (including phenoxy) is 1. The molecule has 1 saturated heterocycles. The molecule has 1 aliphatic rings. The lowest BCUT2D eigenvalue weighted by atomic mass is 9.84. The maximum atomic E-state index is 12.7. The van der Waals surface area contributed by atoms with Crippen molar-refractivity contribution in [3.8, 4) is 5.75 Å².